The lowest BCUT2D eigenvalue weighted by Gasteiger charge is -2.20. The van der Waals surface area contributed by atoms with Crippen molar-refractivity contribution in [3.63, 3.8) is 0 Å². The van der Waals surface area contributed by atoms with E-state index in [-0.39, 0.29) is 0 Å². The molecule has 2 N–H and O–H groups in total. The quantitative estimate of drug-likeness (QED) is 0.262. The van der Waals surface area contributed by atoms with Gasteiger partial charge in [-0.15, -0.1) is 0 Å². The molecular formula is C25H26ClN3O2. The second kappa shape index (κ2) is 9.00. The molecule has 0 spiro atoms. The Kier molecular flexibility index (Phi) is 6.16. The summed E-state index contributed by atoms with van der Waals surface area (Å²) in [5.41, 5.74) is 4.28. The second-order valence-corrected chi connectivity index (χ2v) is 7.87. The van der Waals surface area contributed by atoms with Crippen molar-refractivity contribution in [1.29, 1.82) is 0 Å². The standard InChI is InChI=1S/C25H26ClN3O2/c1-4-29(5-2)15-16-13-18(10-12-22(16)30)27-25-19-11-9-17(26)14-21(19)28-20-7-6-8-23(31-3)24(20)25/h6-14,30H,4-5,15H2,1-3H3,(H,27,28). The topological polar surface area (TPSA) is 57.6 Å². The number of rotatable bonds is 7. The molecule has 4 aromatic rings. The zero-order chi connectivity index (χ0) is 22.0. The van der Waals surface area contributed by atoms with Crippen molar-refractivity contribution < 1.29 is 9.84 Å². The van der Waals surface area contributed by atoms with E-state index < -0.39 is 0 Å². The minimum atomic E-state index is 0.297. The van der Waals surface area contributed by atoms with E-state index in [1.54, 1.807) is 13.2 Å². The number of aromatic hydroxyl groups is 1. The normalized spacial score (nSPS) is 11.4. The first kappa shape index (κ1) is 21.2. The Hall–Kier alpha value is -3.02. The van der Waals surface area contributed by atoms with E-state index in [1.165, 1.54) is 0 Å². The summed E-state index contributed by atoms with van der Waals surface area (Å²) in [5.74, 6) is 1.04. The first-order valence-electron chi connectivity index (χ1n) is 10.4. The number of hydrogen-bond donors (Lipinski definition) is 2. The Morgan fingerprint density at radius 1 is 1.03 bits per heavy atom. The van der Waals surface area contributed by atoms with Crippen molar-refractivity contribution in [2.45, 2.75) is 20.4 Å². The van der Waals surface area contributed by atoms with Crippen LogP contribution in [-0.2, 0) is 6.54 Å². The number of phenols is 1. The van der Waals surface area contributed by atoms with Crippen LogP contribution in [0.4, 0.5) is 11.4 Å². The number of nitrogens with zero attached hydrogens (tertiary/aromatic N) is 2. The van der Waals surface area contributed by atoms with Gasteiger partial charge in [0.25, 0.3) is 0 Å². The first-order chi connectivity index (χ1) is 15.0. The van der Waals surface area contributed by atoms with Crippen molar-refractivity contribution >= 4 is 44.8 Å². The van der Waals surface area contributed by atoms with Gasteiger partial charge in [-0.2, -0.15) is 0 Å². The molecular weight excluding hydrogens is 410 g/mol. The van der Waals surface area contributed by atoms with E-state index in [9.17, 15) is 5.11 Å². The molecule has 0 aliphatic rings. The lowest BCUT2D eigenvalue weighted by Crippen LogP contribution is -2.22. The second-order valence-electron chi connectivity index (χ2n) is 7.43. The maximum Gasteiger partial charge on any atom is 0.130 e. The third-order valence-electron chi connectivity index (χ3n) is 5.58. The molecule has 31 heavy (non-hydrogen) atoms. The fourth-order valence-corrected chi connectivity index (χ4v) is 4.03. The molecule has 0 aliphatic carbocycles. The number of halogens is 1. The van der Waals surface area contributed by atoms with Gasteiger partial charge in [0.1, 0.15) is 11.5 Å². The van der Waals surface area contributed by atoms with Crippen LogP contribution in [0.25, 0.3) is 21.8 Å². The molecule has 0 saturated carbocycles. The number of fused-ring (bicyclic) bond motifs is 2. The van der Waals surface area contributed by atoms with Gasteiger partial charge >= 0.3 is 0 Å². The smallest absolute Gasteiger partial charge is 0.130 e. The molecule has 0 atom stereocenters. The number of phenolic OH excluding ortho intramolecular Hbond substituents is 1. The minimum absolute atomic E-state index is 0.297. The molecule has 3 aromatic carbocycles. The third kappa shape index (κ3) is 4.24. The molecule has 1 heterocycles. The maximum atomic E-state index is 10.4. The molecule has 160 valence electrons. The maximum absolute atomic E-state index is 10.4. The number of nitrogens with one attached hydrogen (secondary N) is 1. The Morgan fingerprint density at radius 2 is 1.84 bits per heavy atom. The Labute approximate surface area is 187 Å². The van der Waals surface area contributed by atoms with E-state index in [0.717, 1.165) is 57.6 Å². The van der Waals surface area contributed by atoms with Gasteiger partial charge in [-0.05, 0) is 61.6 Å². The Bertz CT molecular complexity index is 1240. The molecule has 0 amide bonds. The molecule has 4 rings (SSSR count). The number of benzene rings is 3. The summed E-state index contributed by atoms with van der Waals surface area (Å²) in [6.07, 6.45) is 0. The van der Waals surface area contributed by atoms with Crippen LogP contribution in [0.15, 0.2) is 54.6 Å². The number of methoxy groups -OCH3 is 1. The van der Waals surface area contributed by atoms with E-state index in [4.69, 9.17) is 21.3 Å². The van der Waals surface area contributed by atoms with Gasteiger partial charge in [0.2, 0.25) is 0 Å². The van der Waals surface area contributed by atoms with Crippen LogP contribution in [0.3, 0.4) is 0 Å². The van der Waals surface area contributed by atoms with Gasteiger partial charge in [-0.3, -0.25) is 4.90 Å². The molecule has 5 nitrogen and oxygen atoms in total. The molecule has 0 aliphatic heterocycles. The molecule has 6 heteroatoms. The molecule has 1 aromatic heterocycles. The van der Waals surface area contributed by atoms with E-state index in [2.05, 4.69) is 24.1 Å². The summed E-state index contributed by atoms with van der Waals surface area (Å²) >= 11 is 6.24. The largest absolute Gasteiger partial charge is 0.508 e. The van der Waals surface area contributed by atoms with E-state index in [0.29, 0.717) is 17.3 Å². The van der Waals surface area contributed by atoms with E-state index in [1.807, 2.05) is 48.5 Å². The van der Waals surface area contributed by atoms with Gasteiger partial charge in [-0.1, -0.05) is 31.5 Å². The molecule has 0 saturated heterocycles. The average Bonchev–Trinajstić information content (AvgIpc) is 2.78. The van der Waals surface area contributed by atoms with Crippen LogP contribution < -0.4 is 10.1 Å². The van der Waals surface area contributed by atoms with Crippen molar-refractivity contribution in [1.82, 2.24) is 9.88 Å². The van der Waals surface area contributed by atoms with Crippen molar-refractivity contribution in [2.24, 2.45) is 0 Å². The Morgan fingerprint density at radius 3 is 2.58 bits per heavy atom. The monoisotopic (exact) mass is 435 g/mol. The number of pyridine rings is 1. The fourth-order valence-electron chi connectivity index (χ4n) is 3.86. The van der Waals surface area contributed by atoms with Gasteiger partial charge in [0.05, 0.1) is 29.2 Å². The van der Waals surface area contributed by atoms with E-state index >= 15 is 0 Å². The van der Waals surface area contributed by atoms with Gasteiger partial charge in [-0.25, -0.2) is 4.98 Å². The SMILES string of the molecule is CCN(CC)Cc1cc(Nc2c3ccc(Cl)cc3nc3cccc(OC)c23)ccc1O. The highest BCUT2D eigenvalue weighted by Crippen LogP contribution is 2.39. The first-order valence-corrected chi connectivity index (χ1v) is 10.8. The van der Waals surface area contributed by atoms with Crippen molar-refractivity contribution in [3.05, 3.63) is 65.2 Å². The summed E-state index contributed by atoms with van der Waals surface area (Å²) in [6.45, 7) is 6.77. The summed E-state index contributed by atoms with van der Waals surface area (Å²) in [4.78, 5) is 7.06. The third-order valence-corrected chi connectivity index (χ3v) is 5.82. The van der Waals surface area contributed by atoms with Crippen LogP contribution in [0.2, 0.25) is 5.02 Å². The van der Waals surface area contributed by atoms with Gasteiger partial charge in [0, 0.05) is 28.2 Å². The fraction of sp³-hybridized carbons (Fsp3) is 0.240. The highest BCUT2D eigenvalue weighted by atomic mass is 35.5. The zero-order valence-corrected chi connectivity index (χ0v) is 18.7. The number of aromatic nitrogens is 1. The summed E-state index contributed by atoms with van der Waals surface area (Å²) in [5, 5.41) is 16.4. The van der Waals surface area contributed by atoms with Crippen LogP contribution in [0.5, 0.6) is 11.5 Å². The van der Waals surface area contributed by atoms with Crippen molar-refractivity contribution in [3.8, 4) is 11.5 Å². The number of ether oxygens (including phenoxy) is 1. The average molecular weight is 436 g/mol. The Balaban J connectivity index is 1.87. The molecule has 0 radical (unpaired) electrons. The molecule has 0 fully saturated rings. The number of anilines is 2. The van der Waals surface area contributed by atoms with Crippen LogP contribution >= 0.6 is 11.6 Å². The van der Waals surface area contributed by atoms with Gasteiger partial charge in [0.15, 0.2) is 0 Å². The summed E-state index contributed by atoms with van der Waals surface area (Å²) < 4.78 is 5.65. The predicted octanol–water partition coefficient (Wildman–Crippen LogP) is 6.34. The molecule has 0 unspecified atom stereocenters. The molecule has 0 bridgehead atoms. The van der Waals surface area contributed by atoms with Crippen LogP contribution in [0.1, 0.15) is 19.4 Å². The minimum Gasteiger partial charge on any atom is -0.508 e. The summed E-state index contributed by atoms with van der Waals surface area (Å²) in [7, 11) is 1.66. The highest BCUT2D eigenvalue weighted by molar-refractivity contribution is 6.31. The zero-order valence-electron chi connectivity index (χ0n) is 17.9. The summed E-state index contributed by atoms with van der Waals surface area (Å²) in [6, 6.07) is 17.1. The van der Waals surface area contributed by atoms with Crippen LogP contribution in [-0.4, -0.2) is 35.2 Å². The van der Waals surface area contributed by atoms with Crippen molar-refractivity contribution in [2.75, 3.05) is 25.5 Å². The lowest BCUT2D eigenvalue weighted by molar-refractivity contribution is 0.291. The predicted molar refractivity (Wildman–Crippen MR) is 129 cm³/mol. The highest BCUT2D eigenvalue weighted by Gasteiger charge is 2.15. The number of hydrogen-bond acceptors (Lipinski definition) is 5. The van der Waals surface area contributed by atoms with Gasteiger partial charge < -0.3 is 15.2 Å². The van der Waals surface area contributed by atoms with Crippen LogP contribution in [0, 0.1) is 0 Å². The lowest BCUT2D eigenvalue weighted by atomic mass is 10.1.